The average molecular weight is 331 g/mol. The Morgan fingerprint density at radius 2 is 2.23 bits per heavy atom. The molecule has 1 amide bonds. The summed E-state index contributed by atoms with van der Waals surface area (Å²) in [4.78, 5) is 24.7. The van der Waals surface area contributed by atoms with Crippen molar-refractivity contribution in [2.75, 3.05) is 5.32 Å². The fraction of sp³-hybridized carbons (Fsp3) is 0. The van der Waals surface area contributed by atoms with Gasteiger partial charge in [-0.25, -0.2) is 19.5 Å². The second-order valence-corrected chi connectivity index (χ2v) is 5.65. The maximum Gasteiger partial charge on any atom is 0.258 e. The lowest BCUT2D eigenvalue weighted by Crippen LogP contribution is -2.11. The van der Waals surface area contributed by atoms with Crippen molar-refractivity contribution in [3.63, 3.8) is 0 Å². The van der Waals surface area contributed by atoms with Crippen LogP contribution in [0.1, 0.15) is 10.4 Å². The first kappa shape index (κ1) is 13.1. The SMILES string of the molecule is O=C(Nc1cnn2cccnc12)c1csc2cnc(Cl)nc12. The Kier molecular flexibility index (Phi) is 2.98. The van der Waals surface area contributed by atoms with E-state index in [0.717, 1.165) is 4.70 Å². The lowest BCUT2D eigenvalue weighted by atomic mass is 10.2. The van der Waals surface area contributed by atoms with Gasteiger partial charge in [0.05, 0.1) is 22.0 Å². The average Bonchev–Trinajstić information content (AvgIpc) is 3.11. The van der Waals surface area contributed by atoms with Gasteiger partial charge < -0.3 is 5.32 Å². The Morgan fingerprint density at radius 1 is 1.32 bits per heavy atom. The molecule has 108 valence electrons. The Morgan fingerprint density at radius 3 is 3.14 bits per heavy atom. The fourth-order valence-electron chi connectivity index (χ4n) is 2.07. The van der Waals surface area contributed by atoms with Crippen molar-refractivity contribution in [2.24, 2.45) is 0 Å². The van der Waals surface area contributed by atoms with Crippen molar-refractivity contribution in [1.82, 2.24) is 24.6 Å². The van der Waals surface area contributed by atoms with Crippen molar-refractivity contribution < 1.29 is 4.79 Å². The Bertz CT molecular complexity index is 1010. The molecule has 0 aromatic carbocycles. The van der Waals surface area contributed by atoms with Crippen molar-refractivity contribution in [3.05, 3.63) is 47.1 Å². The summed E-state index contributed by atoms with van der Waals surface area (Å²) in [6.45, 7) is 0. The number of fused-ring (bicyclic) bond motifs is 2. The molecule has 0 saturated heterocycles. The minimum atomic E-state index is -0.290. The number of rotatable bonds is 2. The van der Waals surface area contributed by atoms with Crippen molar-refractivity contribution in [3.8, 4) is 0 Å². The van der Waals surface area contributed by atoms with E-state index in [0.29, 0.717) is 22.4 Å². The lowest BCUT2D eigenvalue weighted by molar-refractivity contribution is 0.102. The summed E-state index contributed by atoms with van der Waals surface area (Å²) in [6.07, 6.45) is 6.55. The highest BCUT2D eigenvalue weighted by molar-refractivity contribution is 7.17. The normalized spacial score (nSPS) is 11.1. The molecule has 1 N–H and O–H groups in total. The highest BCUT2D eigenvalue weighted by Gasteiger charge is 2.16. The summed E-state index contributed by atoms with van der Waals surface area (Å²) in [5.41, 5.74) is 2.08. The van der Waals surface area contributed by atoms with Gasteiger partial charge in [-0.05, 0) is 17.7 Å². The van der Waals surface area contributed by atoms with E-state index < -0.39 is 0 Å². The molecule has 0 saturated carbocycles. The van der Waals surface area contributed by atoms with Gasteiger partial charge in [-0.15, -0.1) is 11.3 Å². The molecule has 0 radical (unpaired) electrons. The molecule has 0 spiro atoms. The number of nitrogens with one attached hydrogen (secondary N) is 1. The molecule has 0 aliphatic carbocycles. The Hall–Kier alpha value is -2.58. The van der Waals surface area contributed by atoms with Gasteiger partial charge in [0.25, 0.3) is 5.91 Å². The number of hydrogen-bond donors (Lipinski definition) is 1. The second kappa shape index (κ2) is 5.00. The standard InChI is InChI=1S/C13H7ClN6OS/c14-13-16-5-9-10(19-13)7(6-22-9)12(21)18-8-4-17-20-3-1-2-15-11(8)20/h1-6H,(H,18,21). The van der Waals surface area contributed by atoms with Crippen LogP contribution in [-0.2, 0) is 0 Å². The van der Waals surface area contributed by atoms with Crippen LogP contribution in [0.2, 0.25) is 5.28 Å². The first-order chi connectivity index (χ1) is 10.7. The van der Waals surface area contributed by atoms with Gasteiger partial charge in [-0.2, -0.15) is 5.10 Å². The third-order valence-corrected chi connectivity index (χ3v) is 4.15. The molecule has 7 nitrogen and oxygen atoms in total. The predicted octanol–water partition coefficient (Wildman–Crippen LogP) is 2.64. The lowest BCUT2D eigenvalue weighted by Gasteiger charge is -2.01. The monoisotopic (exact) mass is 330 g/mol. The van der Waals surface area contributed by atoms with Gasteiger partial charge in [0.1, 0.15) is 5.69 Å². The van der Waals surface area contributed by atoms with Gasteiger partial charge in [0.15, 0.2) is 5.65 Å². The van der Waals surface area contributed by atoms with E-state index in [9.17, 15) is 4.79 Å². The van der Waals surface area contributed by atoms with Crippen LogP contribution in [0.25, 0.3) is 15.9 Å². The third kappa shape index (κ3) is 2.09. The highest BCUT2D eigenvalue weighted by atomic mass is 35.5. The van der Waals surface area contributed by atoms with Crippen LogP contribution in [0.3, 0.4) is 0 Å². The van der Waals surface area contributed by atoms with Crippen molar-refractivity contribution >= 4 is 50.4 Å². The maximum atomic E-state index is 12.5. The van der Waals surface area contributed by atoms with E-state index in [4.69, 9.17) is 11.6 Å². The van der Waals surface area contributed by atoms with Crippen LogP contribution in [0.5, 0.6) is 0 Å². The van der Waals surface area contributed by atoms with Gasteiger partial charge in [-0.1, -0.05) is 0 Å². The van der Waals surface area contributed by atoms with Crippen LogP contribution >= 0.6 is 22.9 Å². The molecule has 0 aliphatic heterocycles. The quantitative estimate of drug-likeness (QED) is 0.571. The van der Waals surface area contributed by atoms with Crippen molar-refractivity contribution in [1.29, 1.82) is 0 Å². The van der Waals surface area contributed by atoms with Crippen molar-refractivity contribution in [2.45, 2.75) is 0 Å². The number of aromatic nitrogens is 5. The first-order valence-electron chi connectivity index (χ1n) is 6.22. The topological polar surface area (TPSA) is 85.1 Å². The summed E-state index contributed by atoms with van der Waals surface area (Å²) in [5.74, 6) is -0.290. The summed E-state index contributed by atoms with van der Waals surface area (Å²) in [6, 6.07) is 1.76. The van der Waals surface area contributed by atoms with Crippen LogP contribution in [0.15, 0.2) is 36.2 Å². The number of carbonyl (C=O) groups is 1. The second-order valence-electron chi connectivity index (χ2n) is 4.40. The molecule has 9 heteroatoms. The number of carbonyl (C=O) groups excluding carboxylic acids is 1. The molecule has 22 heavy (non-hydrogen) atoms. The van der Waals surface area contributed by atoms with Crippen LogP contribution in [-0.4, -0.2) is 30.5 Å². The molecule has 4 heterocycles. The highest BCUT2D eigenvalue weighted by Crippen LogP contribution is 2.25. The number of hydrogen-bond acceptors (Lipinski definition) is 6. The molecular formula is C13H7ClN6OS. The maximum absolute atomic E-state index is 12.5. The van der Waals surface area contributed by atoms with Gasteiger partial charge in [-0.3, -0.25) is 4.79 Å². The van der Waals surface area contributed by atoms with E-state index >= 15 is 0 Å². The van der Waals surface area contributed by atoms with E-state index in [2.05, 4.69) is 25.4 Å². The fourth-order valence-corrected chi connectivity index (χ4v) is 3.05. The molecule has 4 rings (SSSR count). The first-order valence-corrected chi connectivity index (χ1v) is 7.47. The van der Waals surface area contributed by atoms with E-state index in [1.807, 2.05) is 0 Å². The smallest absolute Gasteiger partial charge is 0.258 e. The zero-order valence-corrected chi connectivity index (χ0v) is 12.5. The molecule has 0 fully saturated rings. The molecule has 4 aromatic rings. The van der Waals surface area contributed by atoms with Crippen LogP contribution in [0, 0.1) is 0 Å². The summed E-state index contributed by atoms with van der Waals surface area (Å²) < 4.78 is 2.38. The number of thiophene rings is 1. The molecule has 0 unspecified atom stereocenters. The van der Waals surface area contributed by atoms with E-state index in [1.54, 1.807) is 40.7 Å². The molecule has 0 atom stereocenters. The molecule has 0 bridgehead atoms. The van der Waals surface area contributed by atoms with Gasteiger partial charge in [0, 0.05) is 24.0 Å². The van der Waals surface area contributed by atoms with Crippen LogP contribution in [0.4, 0.5) is 5.69 Å². The minimum absolute atomic E-state index is 0.109. The number of amides is 1. The minimum Gasteiger partial charge on any atom is -0.317 e. The zero-order valence-electron chi connectivity index (χ0n) is 10.9. The zero-order chi connectivity index (χ0) is 15.1. The third-order valence-electron chi connectivity index (χ3n) is 3.06. The van der Waals surface area contributed by atoms with E-state index in [1.165, 1.54) is 11.3 Å². The largest absolute Gasteiger partial charge is 0.317 e. The Labute approximate surface area is 132 Å². The van der Waals surface area contributed by atoms with E-state index in [-0.39, 0.29) is 11.2 Å². The Balaban J connectivity index is 1.73. The summed E-state index contributed by atoms with van der Waals surface area (Å²) >= 11 is 7.19. The molecular weight excluding hydrogens is 324 g/mol. The van der Waals surface area contributed by atoms with Gasteiger partial charge in [0.2, 0.25) is 5.28 Å². The predicted molar refractivity (Wildman–Crippen MR) is 83.4 cm³/mol. The summed E-state index contributed by atoms with van der Waals surface area (Å²) in [5, 5.41) is 8.76. The number of nitrogens with zero attached hydrogens (tertiary/aromatic N) is 5. The van der Waals surface area contributed by atoms with Gasteiger partial charge >= 0.3 is 0 Å². The van der Waals surface area contributed by atoms with Crippen LogP contribution < -0.4 is 5.32 Å². The number of anilines is 1. The number of halogens is 1. The molecule has 0 aliphatic rings. The summed E-state index contributed by atoms with van der Waals surface area (Å²) in [7, 11) is 0. The molecule has 4 aromatic heterocycles.